The van der Waals surface area contributed by atoms with Gasteiger partial charge in [0, 0.05) is 17.1 Å². The Balaban J connectivity index is 0.000000526. The summed E-state index contributed by atoms with van der Waals surface area (Å²) in [7, 11) is -4.67. The molecule has 0 fully saturated rings. The van der Waals surface area contributed by atoms with Crippen LogP contribution in [0.25, 0.3) is 10.8 Å². The zero-order valence-corrected chi connectivity index (χ0v) is 13.1. The van der Waals surface area contributed by atoms with E-state index in [1.807, 2.05) is 0 Å². The van der Waals surface area contributed by atoms with Crippen LogP contribution in [-0.2, 0) is 33.9 Å². The SMILES string of the molecule is CCCCc1cccc2ccccc12.O=S(=O)(O)O.[Fe]. The topological polar surface area (TPSA) is 74.6 Å². The van der Waals surface area contributed by atoms with Gasteiger partial charge in [0.05, 0.1) is 0 Å². The summed E-state index contributed by atoms with van der Waals surface area (Å²) in [5, 5.41) is 2.78. The molecule has 0 spiro atoms. The molecule has 0 saturated carbocycles. The first-order valence-corrected chi connectivity index (χ1v) is 7.48. The van der Waals surface area contributed by atoms with Crippen LogP contribution in [0.15, 0.2) is 42.5 Å². The molecule has 112 valence electrons. The first-order chi connectivity index (χ1) is 8.92. The summed E-state index contributed by atoms with van der Waals surface area (Å²) in [6.07, 6.45) is 3.76. The Bertz CT molecular complexity index is 613. The fourth-order valence-electron chi connectivity index (χ4n) is 1.88. The molecule has 0 amide bonds. The minimum Gasteiger partial charge on any atom is -0.264 e. The molecule has 0 aliphatic carbocycles. The maximum atomic E-state index is 8.74. The van der Waals surface area contributed by atoms with Crippen molar-refractivity contribution in [3.63, 3.8) is 0 Å². The molecule has 2 aromatic carbocycles. The van der Waals surface area contributed by atoms with Crippen molar-refractivity contribution in [3.05, 3.63) is 48.0 Å². The van der Waals surface area contributed by atoms with Gasteiger partial charge >= 0.3 is 10.4 Å². The first-order valence-electron chi connectivity index (χ1n) is 6.08. The maximum Gasteiger partial charge on any atom is 0.394 e. The number of aryl methyl sites for hydroxylation is 1. The molecule has 0 unspecified atom stereocenters. The quantitative estimate of drug-likeness (QED) is 0.663. The van der Waals surface area contributed by atoms with Crippen molar-refractivity contribution < 1.29 is 34.6 Å². The number of hydrogen-bond acceptors (Lipinski definition) is 2. The molecule has 6 heteroatoms. The summed E-state index contributed by atoms with van der Waals surface area (Å²) in [4.78, 5) is 0. The van der Waals surface area contributed by atoms with Crippen molar-refractivity contribution in [3.8, 4) is 0 Å². The van der Waals surface area contributed by atoms with Gasteiger partial charge in [-0.05, 0) is 29.2 Å². The van der Waals surface area contributed by atoms with Gasteiger partial charge in [0.2, 0.25) is 0 Å². The first kappa shape index (κ1) is 19.1. The predicted molar refractivity (Wildman–Crippen MR) is 76.7 cm³/mol. The van der Waals surface area contributed by atoms with Gasteiger partial charge in [-0.25, -0.2) is 0 Å². The van der Waals surface area contributed by atoms with Crippen LogP contribution in [0.3, 0.4) is 0 Å². The minimum absolute atomic E-state index is 0. The van der Waals surface area contributed by atoms with Crippen LogP contribution in [-0.4, -0.2) is 17.5 Å². The zero-order chi connectivity index (χ0) is 14.3. The van der Waals surface area contributed by atoms with E-state index in [9.17, 15) is 0 Å². The Morgan fingerprint density at radius 3 is 2.15 bits per heavy atom. The Morgan fingerprint density at radius 2 is 1.55 bits per heavy atom. The van der Waals surface area contributed by atoms with E-state index in [1.54, 1.807) is 0 Å². The van der Waals surface area contributed by atoms with E-state index in [2.05, 4.69) is 49.4 Å². The van der Waals surface area contributed by atoms with Gasteiger partial charge in [0.15, 0.2) is 0 Å². The third-order valence-electron chi connectivity index (χ3n) is 2.68. The number of fused-ring (bicyclic) bond motifs is 1. The van der Waals surface area contributed by atoms with E-state index in [-0.39, 0.29) is 17.1 Å². The van der Waals surface area contributed by atoms with E-state index >= 15 is 0 Å². The van der Waals surface area contributed by atoms with Crippen LogP contribution in [0.4, 0.5) is 0 Å². The Labute approximate surface area is 130 Å². The van der Waals surface area contributed by atoms with Crippen molar-refractivity contribution in [1.29, 1.82) is 0 Å². The van der Waals surface area contributed by atoms with Crippen LogP contribution >= 0.6 is 0 Å². The van der Waals surface area contributed by atoms with Gasteiger partial charge in [-0.3, -0.25) is 9.11 Å². The number of rotatable bonds is 3. The molecule has 0 bridgehead atoms. The summed E-state index contributed by atoms with van der Waals surface area (Å²) in [5.41, 5.74) is 1.49. The largest absolute Gasteiger partial charge is 0.394 e. The van der Waals surface area contributed by atoms with Crippen LogP contribution in [0.5, 0.6) is 0 Å². The summed E-state index contributed by atoms with van der Waals surface area (Å²) in [5.74, 6) is 0. The van der Waals surface area contributed by atoms with Gasteiger partial charge in [0.25, 0.3) is 0 Å². The smallest absolute Gasteiger partial charge is 0.264 e. The molecule has 0 aromatic heterocycles. The van der Waals surface area contributed by atoms with Crippen molar-refractivity contribution >= 4 is 21.2 Å². The maximum absolute atomic E-state index is 8.74. The fourth-order valence-corrected chi connectivity index (χ4v) is 1.88. The standard InChI is InChI=1S/C14H16.Fe.H2O4S/c1-2-3-7-12-9-6-10-13-8-4-5-11-14(12)13;;1-5(2,3)4/h4-6,8-11H,2-3,7H2,1H3;;(H2,1,2,3,4). The summed E-state index contributed by atoms with van der Waals surface area (Å²) < 4.78 is 31.6. The minimum atomic E-state index is -4.67. The molecule has 0 aliphatic heterocycles. The molecule has 0 aliphatic rings. The number of unbranched alkanes of at least 4 members (excludes halogenated alkanes) is 1. The van der Waals surface area contributed by atoms with Crippen molar-refractivity contribution in [2.45, 2.75) is 26.2 Å². The normalized spacial score (nSPS) is 10.3. The molecule has 4 nitrogen and oxygen atoms in total. The second-order valence-corrected chi connectivity index (χ2v) is 5.09. The molecule has 0 heterocycles. The monoisotopic (exact) mass is 338 g/mol. The summed E-state index contributed by atoms with van der Waals surface area (Å²) in [6, 6.07) is 15.2. The van der Waals surface area contributed by atoms with Crippen LogP contribution in [0.2, 0.25) is 0 Å². The Hall–Kier alpha value is -0.911. The Morgan fingerprint density at radius 1 is 1.00 bits per heavy atom. The molecule has 0 atom stereocenters. The average Bonchev–Trinajstić information content (AvgIpc) is 2.34. The van der Waals surface area contributed by atoms with Crippen molar-refractivity contribution in [1.82, 2.24) is 0 Å². The Kier molecular flexibility index (Phi) is 8.69. The second-order valence-electron chi connectivity index (χ2n) is 4.19. The molecular formula is C14H18FeO4S. The predicted octanol–water partition coefficient (Wildman–Crippen LogP) is 3.53. The van der Waals surface area contributed by atoms with E-state index in [4.69, 9.17) is 17.5 Å². The van der Waals surface area contributed by atoms with Gasteiger partial charge < -0.3 is 0 Å². The van der Waals surface area contributed by atoms with Gasteiger partial charge in [-0.2, -0.15) is 8.42 Å². The average molecular weight is 338 g/mol. The molecule has 0 radical (unpaired) electrons. The molecule has 0 saturated heterocycles. The third kappa shape index (κ3) is 7.62. The van der Waals surface area contributed by atoms with E-state index in [0.29, 0.717) is 0 Å². The van der Waals surface area contributed by atoms with Gasteiger partial charge in [-0.1, -0.05) is 55.8 Å². The second kappa shape index (κ2) is 9.10. The van der Waals surface area contributed by atoms with Crippen molar-refractivity contribution in [2.24, 2.45) is 0 Å². The van der Waals surface area contributed by atoms with E-state index < -0.39 is 10.4 Å². The van der Waals surface area contributed by atoms with Crippen LogP contribution in [0, 0.1) is 0 Å². The number of benzene rings is 2. The molecular weight excluding hydrogens is 320 g/mol. The zero-order valence-electron chi connectivity index (χ0n) is 11.1. The molecule has 2 rings (SSSR count). The van der Waals surface area contributed by atoms with E-state index in [1.165, 1.54) is 35.6 Å². The summed E-state index contributed by atoms with van der Waals surface area (Å²) in [6.45, 7) is 2.24. The molecule has 20 heavy (non-hydrogen) atoms. The molecule has 2 aromatic rings. The fraction of sp³-hybridized carbons (Fsp3) is 0.286. The summed E-state index contributed by atoms with van der Waals surface area (Å²) >= 11 is 0. The van der Waals surface area contributed by atoms with Gasteiger partial charge in [-0.15, -0.1) is 0 Å². The number of hydrogen-bond donors (Lipinski definition) is 2. The van der Waals surface area contributed by atoms with Gasteiger partial charge in [0.1, 0.15) is 0 Å². The van der Waals surface area contributed by atoms with Crippen molar-refractivity contribution in [2.75, 3.05) is 0 Å². The van der Waals surface area contributed by atoms with Crippen LogP contribution < -0.4 is 0 Å². The third-order valence-corrected chi connectivity index (χ3v) is 2.68. The van der Waals surface area contributed by atoms with E-state index in [0.717, 1.165) is 0 Å². The molecule has 2 N–H and O–H groups in total. The van der Waals surface area contributed by atoms with Crippen LogP contribution in [0.1, 0.15) is 25.3 Å².